The van der Waals surface area contributed by atoms with E-state index in [-0.39, 0.29) is 5.91 Å². The van der Waals surface area contributed by atoms with Gasteiger partial charge in [-0.2, -0.15) is 0 Å². The summed E-state index contributed by atoms with van der Waals surface area (Å²) in [5.41, 5.74) is 0. The molecule has 2 nitrogen and oxygen atoms in total. The number of amides is 1. The molecule has 10 heavy (non-hydrogen) atoms. The van der Waals surface area contributed by atoms with Crippen LogP contribution < -0.4 is 5.32 Å². The van der Waals surface area contributed by atoms with Crippen LogP contribution in [0.25, 0.3) is 0 Å². The van der Waals surface area contributed by atoms with Crippen LogP contribution >= 0.6 is 0 Å². The largest absolute Gasteiger partial charge is 0.352 e. The molecule has 0 spiro atoms. The fraction of sp³-hybridized carbons (Fsp3) is 0.625. The average molecular weight is 135 g/mol. The molecule has 1 heterocycles. The highest BCUT2D eigenvalue weighted by molar-refractivity contribution is 5.87. The Balaban J connectivity index is 2.03. The minimum absolute atomic E-state index is 0.279. The summed E-state index contributed by atoms with van der Waals surface area (Å²) in [5, 5.41) is 2.95. The molecule has 2 aliphatic carbocycles. The van der Waals surface area contributed by atoms with Gasteiger partial charge in [0.2, 0.25) is 5.91 Å². The minimum Gasteiger partial charge on any atom is -0.352 e. The lowest BCUT2D eigenvalue weighted by atomic mass is 9.82. The molecule has 4 atom stereocenters. The van der Waals surface area contributed by atoms with Crippen molar-refractivity contribution in [3.8, 4) is 0 Å². The van der Waals surface area contributed by atoms with Gasteiger partial charge >= 0.3 is 0 Å². The smallest absolute Gasteiger partial charge is 0.226 e. The molecule has 1 N–H and O–H groups in total. The van der Waals surface area contributed by atoms with Crippen molar-refractivity contribution in [2.45, 2.75) is 12.5 Å². The Hall–Kier alpha value is -0.790. The number of hydrogen-bond acceptors (Lipinski definition) is 1. The molecule has 1 amide bonds. The Morgan fingerprint density at radius 3 is 2.80 bits per heavy atom. The molecule has 3 aliphatic rings. The van der Waals surface area contributed by atoms with Crippen LogP contribution in [0.2, 0.25) is 0 Å². The van der Waals surface area contributed by atoms with Crippen LogP contribution in [-0.2, 0) is 4.79 Å². The summed E-state index contributed by atoms with van der Waals surface area (Å²) in [4.78, 5) is 11.0. The van der Waals surface area contributed by atoms with E-state index in [1.165, 1.54) is 6.42 Å². The molecule has 0 aromatic rings. The Morgan fingerprint density at radius 2 is 2.20 bits per heavy atom. The average Bonchev–Trinajstić information content (AvgIpc) is 2.40. The summed E-state index contributed by atoms with van der Waals surface area (Å²) in [6.07, 6.45) is 5.68. The van der Waals surface area contributed by atoms with Gasteiger partial charge in [0, 0.05) is 6.04 Å². The SMILES string of the molecule is O=C1N[C@@H]2[C@H]1[C@@H]1C=C[C@H]2C1. The molecule has 0 unspecified atom stereocenters. The van der Waals surface area contributed by atoms with Crippen LogP contribution in [0.3, 0.4) is 0 Å². The van der Waals surface area contributed by atoms with Gasteiger partial charge in [-0.25, -0.2) is 0 Å². The van der Waals surface area contributed by atoms with Crippen molar-refractivity contribution in [1.82, 2.24) is 5.32 Å². The number of hydrogen-bond donors (Lipinski definition) is 1. The van der Waals surface area contributed by atoms with Gasteiger partial charge in [-0.05, 0) is 18.3 Å². The van der Waals surface area contributed by atoms with Crippen molar-refractivity contribution < 1.29 is 4.79 Å². The van der Waals surface area contributed by atoms with E-state index in [0.29, 0.717) is 23.8 Å². The summed E-state index contributed by atoms with van der Waals surface area (Å²) in [7, 11) is 0. The Labute approximate surface area is 59.3 Å². The van der Waals surface area contributed by atoms with E-state index in [1.807, 2.05) is 0 Å². The Bertz CT molecular complexity index is 233. The maximum Gasteiger partial charge on any atom is 0.226 e. The molecule has 1 saturated carbocycles. The van der Waals surface area contributed by atoms with Gasteiger partial charge in [0.25, 0.3) is 0 Å². The summed E-state index contributed by atoms with van der Waals surface area (Å²) in [6, 6.07) is 0.516. The third-order valence-corrected chi connectivity index (χ3v) is 3.07. The lowest BCUT2D eigenvalue weighted by Gasteiger charge is -2.37. The van der Waals surface area contributed by atoms with Crippen LogP contribution in [0, 0.1) is 17.8 Å². The highest BCUT2D eigenvalue weighted by Crippen LogP contribution is 2.47. The lowest BCUT2D eigenvalue weighted by Crippen LogP contribution is -2.59. The zero-order valence-corrected chi connectivity index (χ0v) is 5.58. The zero-order chi connectivity index (χ0) is 6.72. The minimum atomic E-state index is 0.279. The third kappa shape index (κ3) is 0.349. The van der Waals surface area contributed by atoms with E-state index in [2.05, 4.69) is 17.5 Å². The second-order valence-corrected chi connectivity index (χ2v) is 3.51. The molecule has 1 aliphatic heterocycles. The second-order valence-electron chi connectivity index (χ2n) is 3.51. The number of fused-ring (bicyclic) bond motifs is 5. The molecular formula is C8H9NO. The maximum absolute atomic E-state index is 11.0. The van der Waals surface area contributed by atoms with Gasteiger partial charge in [0.1, 0.15) is 0 Å². The van der Waals surface area contributed by atoms with E-state index >= 15 is 0 Å². The standard InChI is InChI=1S/C8H9NO/c10-8-6-4-1-2-5(3-4)7(6)9-8/h1-2,4-7H,3H2,(H,9,10)/t4-,5+,6-,7+/m1/s1. The first kappa shape index (κ1) is 4.94. The summed E-state index contributed by atoms with van der Waals surface area (Å²) < 4.78 is 0. The van der Waals surface area contributed by atoms with Crippen LogP contribution in [-0.4, -0.2) is 11.9 Å². The topological polar surface area (TPSA) is 29.1 Å². The third-order valence-electron chi connectivity index (χ3n) is 3.07. The van der Waals surface area contributed by atoms with Gasteiger partial charge in [-0.15, -0.1) is 0 Å². The van der Waals surface area contributed by atoms with Gasteiger partial charge < -0.3 is 5.32 Å². The summed E-state index contributed by atoms with van der Waals surface area (Å²) in [5.74, 6) is 1.90. The summed E-state index contributed by atoms with van der Waals surface area (Å²) >= 11 is 0. The Kier molecular flexibility index (Phi) is 0.636. The number of allylic oxidation sites excluding steroid dienone is 1. The fourth-order valence-electron chi connectivity index (χ4n) is 2.54. The van der Waals surface area contributed by atoms with E-state index in [1.54, 1.807) is 0 Å². The van der Waals surface area contributed by atoms with E-state index in [0.717, 1.165) is 0 Å². The normalized spacial score (nSPS) is 54.2. The first-order valence-electron chi connectivity index (χ1n) is 3.85. The molecule has 2 fully saturated rings. The molecule has 2 heteroatoms. The highest BCUT2D eigenvalue weighted by atomic mass is 16.2. The van der Waals surface area contributed by atoms with Crippen molar-refractivity contribution in [3.63, 3.8) is 0 Å². The van der Waals surface area contributed by atoms with Crippen molar-refractivity contribution in [1.29, 1.82) is 0 Å². The molecule has 3 rings (SSSR count). The van der Waals surface area contributed by atoms with Crippen molar-refractivity contribution in [3.05, 3.63) is 12.2 Å². The van der Waals surface area contributed by atoms with Crippen LogP contribution in [0.1, 0.15) is 6.42 Å². The Morgan fingerprint density at radius 1 is 1.40 bits per heavy atom. The second kappa shape index (κ2) is 1.29. The van der Waals surface area contributed by atoms with Crippen LogP contribution in [0.4, 0.5) is 0 Å². The van der Waals surface area contributed by atoms with Crippen molar-refractivity contribution in [2.75, 3.05) is 0 Å². The number of rotatable bonds is 0. The van der Waals surface area contributed by atoms with Gasteiger partial charge in [-0.3, -0.25) is 4.79 Å². The van der Waals surface area contributed by atoms with E-state index < -0.39 is 0 Å². The zero-order valence-electron chi connectivity index (χ0n) is 5.58. The monoisotopic (exact) mass is 135 g/mol. The van der Waals surface area contributed by atoms with Crippen LogP contribution in [0.15, 0.2) is 12.2 Å². The number of carbonyl (C=O) groups is 1. The molecule has 0 aromatic carbocycles. The molecule has 52 valence electrons. The fourth-order valence-corrected chi connectivity index (χ4v) is 2.54. The highest BCUT2D eigenvalue weighted by Gasteiger charge is 2.54. The maximum atomic E-state index is 11.0. The van der Waals surface area contributed by atoms with E-state index in [4.69, 9.17) is 0 Å². The quantitative estimate of drug-likeness (QED) is 0.376. The molecule has 2 bridgehead atoms. The molecule has 0 aromatic heterocycles. The number of nitrogens with one attached hydrogen (secondary N) is 1. The van der Waals surface area contributed by atoms with Gasteiger partial charge in [0.15, 0.2) is 0 Å². The van der Waals surface area contributed by atoms with Crippen molar-refractivity contribution in [2.24, 2.45) is 17.8 Å². The van der Waals surface area contributed by atoms with Crippen LogP contribution in [0.5, 0.6) is 0 Å². The molecular weight excluding hydrogens is 126 g/mol. The van der Waals surface area contributed by atoms with Gasteiger partial charge in [0.05, 0.1) is 5.92 Å². The molecule has 1 saturated heterocycles. The predicted octanol–water partition coefficient (Wildman–Crippen LogP) is 0.307. The number of carbonyl (C=O) groups excluding carboxylic acids is 1. The molecule has 0 radical (unpaired) electrons. The van der Waals surface area contributed by atoms with Gasteiger partial charge in [-0.1, -0.05) is 12.2 Å². The van der Waals surface area contributed by atoms with E-state index in [9.17, 15) is 4.79 Å². The first-order chi connectivity index (χ1) is 4.86. The summed E-state index contributed by atoms with van der Waals surface area (Å²) in [6.45, 7) is 0. The first-order valence-corrected chi connectivity index (χ1v) is 3.85. The van der Waals surface area contributed by atoms with Crippen molar-refractivity contribution >= 4 is 5.91 Å². The number of β-lactam (4-membered cyclic amide) rings is 1. The predicted molar refractivity (Wildman–Crippen MR) is 36.2 cm³/mol. The lowest BCUT2D eigenvalue weighted by molar-refractivity contribution is -0.135.